The molecule has 3 N–H and O–H groups in total. The molecule has 0 aliphatic heterocycles. The van der Waals surface area contributed by atoms with Crippen molar-refractivity contribution in [3.05, 3.63) is 69.8 Å². The summed E-state index contributed by atoms with van der Waals surface area (Å²) in [5, 5.41) is 6.39. The topological polar surface area (TPSA) is 110 Å². The zero-order valence-electron chi connectivity index (χ0n) is 16.4. The van der Waals surface area contributed by atoms with E-state index < -0.39 is 24.0 Å². The van der Waals surface area contributed by atoms with Crippen LogP contribution in [0.2, 0.25) is 10.0 Å². The van der Waals surface area contributed by atoms with Crippen LogP contribution in [0.3, 0.4) is 0 Å². The SMILES string of the molecule is COC(=O)C(CNC(=O)c1cc2c(Cl)ccc(Cl)c2[nH]1)NC(=O)OCc1ccccc1. The number of ether oxygens (including phenoxy) is 2. The Balaban J connectivity index is 1.61. The molecule has 1 unspecified atom stereocenters. The number of fused-ring (bicyclic) bond motifs is 1. The standard InChI is InChI=1S/C21H19Cl2N3O5/c1-30-20(28)17(26-21(29)31-11-12-5-3-2-4-6-12)10-24-19(27)16-9-13-14(22)7-8-15(23)18(13)25-16/h2-9,17,25H,10-11H2,1H3,(H,24,27)(H,26,29). The van der Waals surface area contributed by atoms with Crippen molar-refractivity contribution >= 4 is 52.1 Å². The van der Waals surface area contributed by atoms with Gasteiger partial charge in [0, 0.05) is 11.9 Å². The van der Waals surface area contributed by atoms with Crippen molar-refractivity contribution in [2.75, 3.05) is 13.7 Å². The van der Waals surface area contributed by atoms with Crippen molar-refractivity contribution in [2.24, 2.45) is 0 Å². The fourth-order valence-electron chi connectivity index (χ4n) is 2.81. The van der Waals surface area contributed by atoms with Gasteiger partial charge in [0.25, 0.3) is 5.91 Å². The van der Waals surface area contributed by atoms with Gasteiger partial charge in [0.2, 0.25) is 0 Å². The van der Waals surface area contributed by atoms with Crippen molar-refractivity contribution < 1.29 is 23.9 Å². The molecule has 2 aromatic carbocycles. The number of carbonyl (C=O) groups is 3. The Bertz CT molecular complexity index is 1060. The fraction of sp³-hybridized carbons (Fsp3) is 0.190. The normalized spacial score (nSPS) is 11.6. The molecule has 10 heteroatoms. The molecule has 0 saturated carbocycles. The van der Waals surface area contributed by atoms with Crippen LogP contribution in [0.25, 0.3) is 10.9 Å². The Morgan fingerprint density at radius 2 is 1.77 bits per heavy atom. The quantitative estimate of drug-likeness (QED) is 0.463. The van der Waals surface area contributed by atoms with Crippen LogP contribution >= 0.6 is 23.2 Å². The average molecular weight is 464 g/mol. The highest BCUT2D eigenvalue weighted by Gasteiger charge is 2.24. The number of hydrogen-bond acceptors (Lipinski definition) is 5. The van der Waals surface area contributed by atoms with Crippen LogP contribution in [0.15, 0.2) is 48.5 Å². The number of halogens is 2. The largest absolute Gasteiger partial charge is 0.467 e. The summed E-state index contributed by atoms with van der Waals surface area (Å²) >= 11 is 12.3. The Labute approximate surface area is 187 Å². The highest BCUT2D eigenvalue weighted by Crippen LogP contribution is 2.29. The number of nitrogens with one attached hydrogen (secondary N) is 3. The van der Waals surface area contributed by atoms with Gasteiger partial charge in [0.15, 0.2) is 0 Å². The molecule has 0 aliphatic carbocycles. The number of benzene rings is 2. The van der Waals surface area contributed by atoms with E-state index in [2.05, 4.69) is 15.6 Å². The van der Waals surface area contributed by atoms with E-state index in [1.165, 1.54) is 7.11 Å². The number of aromatic amines is 1. The van der Waals surface area contributed by atoms with Crippen molar-refractivity contribution in [1.82, 2.24) is 15.6 Å². The lowest BCUT2D eigenvalue weighted by Crippen LogP contribution is -2.49. The summed E-state index contributed by atoms with van der Waals surface area (Å²) in [5.74, 6) is -1.25. The average Bonchev–Trinajstić information content (AvgIpc) is 3.25. The van der Waals surface area contributed by atoms with E-state index in [4.69, 9.17) is 32.7 Å². The third kappa shape index (κ3) is 5.68. The van der Waals surface area contributed by atoms with E-state index in [0.717, 1.165) is 5.56 Å². The number of alkyl carbamates (subject to hydrolysis) is 1. The van der Waals surface area contributed by atoms with Crippen molar-refractivity contribution in [1.29, 1.82) is 0 Å². The lowest BCUT2D eigenvalue weighted by molar-refractivity contribution is -0.142. The van der Waals surface area contributed by atoms with Gasteiger partial charge >= 0.3 is 12.1 Å². The second-order valence-electron chi connectivity index (χ2n) is 6.49. The molecule has 0 radical (unpaired) electrons. The molecular formula is C21H19Cl2N3O5. The molecule has 162 valence electrons. The summed E-state index contributed by atoms with van der Waals surface area (Å²) < 4.78 is 9.80. The number of rotatable bonds is 7. The molecule has 0 aliphatic rings. The van der Waals surface area contributed by atoms with E-state index in [1.54, 1.807) is 30.3 Å². The monoisotopic (exact) mass is 463 g/mol. The summed E-state index contributed by atoms with van der Waals surface area (Å²) in [6, 6.07) is 12.7. The first kappa shape index (κ1) is 22.5. The Hall–Kier alpha value is -3.23. The van der Waals surface area contributed by atoms with Gasteiger partial charge in [-0.3, -0.25) is 4.79 Å². The van der Waals surface area contributed by atoms with Crippen molar-refractivity contribution in [3.8, 4) is 0 Å². The number of esters is 1. The molecule has 1 atom stereocenters. The van der Waals surface area contributed by atoms with Gasteiger partial charge in [-0.15, -0.1) is 0 Å². The molecule has 3 aromatic rings. The van der Waals surface area contributed by atoms with Gasteiger partial charge in [-0.25, -0.2) is 9.59 Å². The zero-order chi connectivity index (χ0) is 22.4. The van der Waals surface area contributed by atoms with Gasteiger partial charge < -0.3 is 25.1 Å². The van der Waals surface area contributed by atoms with E-state index in [1.807, 2.05) is 18.2 Å². The zero-order valence-corrected chi connectivity index (χ0v) is 17.9. The number of methoxy groups -OCH3 is 1. The highest BCUT2D eigenvalue weighted by atomic mass is 35.5. The fourth-order valence-corrected chi connectivity index (χ4v) is 3.23. The number of hydrogen-bond donors (Lipinski definition) is 3. The van der Waals surface area contributed by atoms with E-state index in [-0.39, 0.29) is 18.8 Å². The lowest BCUT2D eigenvalue weighted by atomic mass is 10.2. The Kier molecular flexibility index (Phi) is 7.38. The van der Waals surface area contributed by atoms with Crippen LogP contribution < -0.4 is 10.6 Å². The summed E-state index contributed by atoms with van der Waals surface area (Å²) in [5.41, 5.74) is 1.50. The predicted octanol–water partition coefficient (Wildman–Crippen LogP) is 3.67. The summed E-state index contributed by atoms with van der Waals surface area (Å²) in [6.45, 7) is -0.188. The third-order valence-corrected chi connectivity index (χ3v) is 5.04. The van der Waals surface area contributed by atoms with Crippen LogP contribution in [-0.2, 0) is 20.9 Å². The molecule has 0 spiro atoms. The van der Waals surface area contributed by atoms with Gasteiger partial charge in [0.05, 0.1) is 22.7 Å². The molecule has 0 bridgehead atoms. The van der Waals surface area contributed by atoms with Gasteiger partial charge in [-0.1, -0.05) is 53.5 Å². The summed E-state index contributed by atoms with van der Waals surface area (Å²) in [7, 11) is 1.18. The van der Waals surface area contributed by atoms with Crippen LogP contribution in [0.5, 0.6) is 0 Å². The summed E-state index contributed by atoms with van der Waals surface area (Å²) in [6.07, 6.45) is -0.822. The van der Waals surface area contributed by atoms with E-state index in [9.17, 15) is 14.4 Å². The molecule has 3 rings (SSSR count). The number of H-pyrrole nitrogens is 1. The Morgan fingerprint density at radius 3 is 2.45 bits per heavy atom. The van der Waals surface area contributed by atoms with Crippen LogP contribution in [0, 0.1) is 0 Å². The highest BCUT2D eigenvalue weighted by molar-refractivity contribution is 6.40. The van der Waals surface area contributed by atoms with Crippen LogP contribution in [-0.4, -0.2) is 42.7 Å². The molecule has 0 fully saturated rings. The second-order valence-corrected chi connectivity index (χ2v) is 7.31. The second kappa shape index (κ2) is 10.2. The first-order chi connectivity index (χ1) is 14.9. The minimum absolute atomic E-state index is 0.0313. The summed E-state index contributed by atoms with van der Waals surface area (Å²) in [4.78, 5) is 39.5. The van der Waals surface area contributed by atoms with Gasteiger partial charge in [-0.2, -0.15) is 0 Å². The maximum Gasteiger partial charge on any atom is 0.408 e. The smallest absolute Gasteiger partial charge is 0.408 e. The maximum atomic E-state index is 12.5. The first-order valence-electron chi connectivity index (χ1n) is 9.19. The van der Waals surface area contributed by atoms with E-state index in [0.29, 0.717) is 20.9 Å². The predicted molar refractivity (Wildman–Crippen MR) is 116 cm³/mol. The van der Waals surface area contributed by atoms with Crippen molar-refractivity contribution in [2.45, 2.75) is 12.6 Å². The van der Waals surface area contributed by atoms with Crippen molar-refractivity contribution in [3.63, 3.8) is 0 Å². The number of aromatic nitrogens is 1. The first-order valence-corrected chi connectivity index (χ1v) is 9.94. The van der Waals surface area contributed by atoms with Gasteiger partial charge in [-0.05, 0) is 23.8 Å². The van der Waals surface area contributed by atoms with Crippen LogP contribution in [0.4, 0.5) is 4.79 Å². The minimum atomic E-state index is -1.14. The minimum Gasteiger partial charge on any atom is -0.467 e. The molecule has 31 heavy (non-hydrogen) atoms. The Morgan fingerprint density at radius 1 is 1.06 bits per heavy atom. The number of amides is 2. The van der Waals surface area contributed by atoms with Crippen LogP contribution in [0.1, 0.15) is 16.1 Å². The van der Waals surface area contributed by atoms with Gasteiger partial charge in [0.1, 0.15) is 18.3 Å². The molecule has 8 nitrogen and oxygen atoms in total. The number of carbonyl (C=O) groups excluding carboxylic acids is 3. The van der Waals surface area contributed by atoms with E-state index >= 15 is 0 Å². The lowest BCUT2D eigenvalue weighted by Gasteiger charge is -2.17. The molecule has 1 aromatic heterocycles. The maximum absolute atomic E-state index is 12.5. The molecule has 1 heterocycles. The molecular weight excluding hydrogens is 445 g/mol. The molecule has 0 saturated heterocycles. The molecule has 2 amide bonds. The third-order valence-electron chi connectivity index (χ3n) is 4.39.